The van der Waals surface area contributed by atoms with Gasteiger partial charge < -0.3 is 4.74 Å². The SMILES string of the molecule is Cc1nc2ccc(Cl)cc2c2c1COC2. The highest BCUT2D eigenvalue weighted by Crippen LogP contribution is 2.30. The molecule has 0 fully saturated rings. The van der Waals surface area contributed by atoms with Crippen LogP contribution in [0, 0.1) is 6.92 Å². The number of aryl methyl sites for hydroxylation is 1. The molecule has 0 N–H and O–H groups in total. The smallest absolute Gasteiger partial charge is 0.0742 e. The summed E-state index contributed by atoms with van der Waals surface area (Å²) in [4.78, 5) is 4.55. The second kappa shape index (κ2) is 3.19. The maximum Gasteiger partial charge on any atom is 0.0742 e. The summed E-state index contributed by atoms with van der Waals surface area (Å²) in [6, 6.07) is 5.80. The highest BCUT2D eigenvalue weighted by atomic mass is 35.5. The van der Waals surface area contributed by atoms with Crippen LogP contribution in [0.1, 0.15) is 16.8 Å². The molecular formula is C12H10ClNO. The Bertz CT molecular complexity index is 551. The maximum atomic E-state index is 5.99. The van der Waals surface area contributed by atoms with E-state index < -0.39 is 0 Å². The van der Waals surface area contributed by atoms with E-state index in [0.29, 0.717) is 13.2 Å². The van der Waals surface area contributed by atoms with Crippen LogP contribution in [-0.4, -0.2) is 4.98 Å². The van der Waals surface area contributed by atoms with Crippen molar-refractivity contribution in [2.45, 2.75) is 20.1 Å². The lowest BCUT2D eigenvalue weighted by molar-refractivity contribution is 0.134. The van der Waals surface area contributed by atoms with Crippen molar-refractivity contribution in [3.8, 4) is 0 Å². The van der Waals surface area contributed by atoms with Crippen molar-refractivity contribution < 1.29 is 4.74 Å². The number of benzene rings is 1. The number of aromatic nitrogens is 1. The monoisotopic (exact) mass is 219 g/mol. The van der Waals surface area contributed by atoms with Crippen molar-refractivity contribution in [2.24, 2.45) is 0 Å². The first-order valence-corrected chi connectivity index (χ1v) is 5.29. The molecule has 0 unspecified atom stereocenters. The van der Waals surface area contributed by atoms with Crippen molar-refractivity contribution in [3.05, 3.63) is 40.0 Å². The molecule has 1 aliphatic heterocycles. The first-order valence-electron chi connectivity index (χ1n) is 4.91. The zero-order valence-corrected chi connectivity index (χ0v) is 9.14. The Morgan fingerprint density at radius 1 is 1.27 bits per heavy atom. The minimum Gasteiger partial charge on any atom is -0.372 e. The summed E-state index contributed by atoms with van der Waals surface area (Å²) in [5.41, 5.74) is 4.54. The van der Waals surface area contributed by atoms with Gasteiger partial charge in [0, 0.05) is 21.7 Å². The summed E-state index contributed by atoms with van der Waals surface area (Å²) in [6.07, 6.45) is 0. The molecule has 0 saturated carbocycles. The van der Waals surface area contributed by atoms with Gasteiger partial charge in [0.15, 0.2) is 0 Å². The van der Waals surface area contributed by atoms with Gasteiger partial charge in [0.05, 0.1) is 18.7 Å². The summed E-state index contributed by atoms with van der Waals surface area (Å²) >= 11 is 5.99. The average Bonchev–Trinajstić information content (AvgIpc) is 2.69. The fourth-order valence-corrected chi connectivity index (χ4v) is 2.26. The number of pyridine rings is 1. The van der Waals surface area contributed by atoms with Crippen LogP contribution in [-0.2, 0) is 18.0 Å². The summed E-state index contributed by atoms with van der Waals surface area (Å²) in [7, 11) is 0. The summed E-state index contributed by atoms with van der Waals surface area (Å²) in [6.45, 7) is 3.38. The Kier molecular flexibility index (Phi) is 1.94. The number of halogens is 1. The minimum atomic E-state index is 0.676. The van der Waals surface area contributed by atoms with Crippen LogP contribution in [0.25, 0.3) is 10.9 Å². The molecule has 3 heteroatoms. The second-order valence-electron chi connectivity index (χ2n) is 3.81. The number of hydrogen-bond acceptors (Lipinski definition) is 2. The molecule has 0 saturated heterocycles. The van der Waals surface area contributed by atoms with Gasteiger partial charge in [-0.15, -0.1) is 0 Å². The van der Waals surface area contributed by atoms with E-state index in [2.05, 4.69) is 4.98 Å². The van der Waals surface area contributed by atoms with Gasteiger partial charge in [-0.3, -0.25) is 4.98 Å². The predicted molar refractivity (Wildman–Crippen MR) is 60.0 cm³/mol. The number of fused-ring (bicyclic) bond motifs is 3. The fraction of sp³-hybridized carbons (Fsp3) is 0.250. The topological polar surface area (TPSA) is 22.1 Å². The van der Waals surface area contributed by atoms with Gasteiger partial charge in [0.2, 0.25) is 0 Å². The molecule has 2 aromatic rings. The van der Waals surface area contributed by atoms with Gasteiger partial charge in [-0.1, -0.05) is 11.6 Å². The van der Waals surface area contributed by atoms with Crippen molar-refractivity contribution in [1.82, 2.24) is 4.98 Å². The van der Waals surface area contributed by atoms with Crippen molar-refractivity contribution in [3.63, 3.8) is 0 Å². The van der Waals surface area contributed by atoms with Gasteiger partial charge in [0.25, 0.3) is 0 Å². The summed E-state index contributed by atoms with van der Waals surface area (Å²) in [5.74, 6) is 0. The van der Waals surface area contributed by atoms with Crippen LogP contribution in [0.2, 0.25) is 5.02 Å². The van der Waals surface area contributed by atoms with Crippen LogP contribution >= 0.6 is 11.6 Å². The highest BCUT2D eigenvalue weighted by Gasteiger charge is 2.18. The third kappa shape index (κ3) is 1.33. The third-order valence-electron chi connectivity index (χ3n) is 2.87. The predicted octanol–water partition coefficient (Wildman–Crippen LogP) is 3.23. The molecule has 0 aliphatic carbocycles. The lowest BCUT2D eigenvalue weighted by Gasteiger charge is -2.06. The van der Waals surface area contributed by atoms with Crippen LogP contribution < -0.4 is 0 Å². The van der Waals surface area contributed by atoms with E-state index in [-0.39, 0.29) is 0 Å². The van der Waals surface area contributed by atoms with E-state index in [1.807, 2.05) is 25.1 Å². The Morgan fingerprint density at radius 2 is 2.07 bits per heavy atom. The molecule has 0 radical (unpaired) electrons. The first-order chi connectivity index (χ1) is 7.25. The lowest BCUT2D eigenvalue weighted by atomic mass is 10.0. The molecular weight excluding hydrogens is 210 g/mol. The Morgan fingerprint density at radius 3 is 2.93 bits per heavy atom. The number of ether oxygens (including phenoxy) is 1. The quantitative estimate of drug-likeness (QED) is 0.679. The molecule has 0 bridgehead atoms. The standard InChI is InChI=1S/C12H10ClNO/c1-7-10-5-15-6-11(10)9-4-8(13)2-3-12(9)14-7/h2-4H,5-6H2,1H3. The molecule has 76 valence electrons. The molecule has 1 aromatic heterocycles. The van der Waals surface area contributed by atoms with E-state index in [1.165, 1.54) is 11.1 Å². The van der Waals surface area contributed by atoms with Crippen molar-refractivity contribution >= 4 is 22.5 Å². The Labute approximate surface area is 92.8 Å². The van der Waals surface area contributed by atoms with E-state index in [0.717, 1.165) is 21.6 Å². The zero-order valence-electron chi connectivity index (χ0n) is 8.38. The van der Waals surface area contributed by atoms with E-state index in [4.69, 9.17) is 16.3 Å². The van der Waals surface area contributed by atoms with E-state index in [9.17, 15) is 0 Å². The number of hydrogen-bond donors (Lipinski definition) is 0. The molecule has 15 heavy (non-hydrogen) atoms. The van der Waals surface area contributed by atoms with Gasteiger partial charge >= 0.3 is 0 Å². The lowest BCUT2D eigenvalue weighted by Crippen LogP contribution is -1.94. The normalized spacial score (nSPS) is 14.5. The average molecular weight is 220 g/mol. The van der Waals surface area contributed by atoms with Crippen molar-refractivity contribution in [2.75, 3.05) is 0 Å². The van der Waals surface area contributed by atoms with Crippen LogP contribution in [0.5, 0.6) is 0 Å². The summed E-state index contributed by atoms with van der Waals surface area (Å²) in [5, 5.41) is 1.88. The van der Waals surface area contributed by atoms with Gasteiger partial charge in [-0.05, 0) is 30.7 Å². The van der Waals surface area contributed by atoms with Crippen LogP contribution in [0.15, 0.2) is 18.2 Å². The van der Waals surface area contributed by atoms with Gasteiger partial charge in [-0.25, -0.2) is 0 Å². The minimum absolute atomic E-state index is 0.676. The molecule has 2 heterocycles. The molecule has 1 aromatic carbocycles. The van der Waals surface area contributed by atoms with E-state index >= 15 is 0 Å². The van der Waals surface area contributed by atoms with Crippen molar-refractivity contribution in [1.29, 1.82) is 0 Å². The molecule has 1 aliphatic rings. The highest BCUT2D eigenvalue weighted by molar-refractivity contribution is 6.31. The number of rotatable bonds is 0. The van der Waals surface area contributed by atoms with Crippen LogP contribution in [0.3, 0.4) is 0 Å². The Balaban J connectivity index is 2.44. The first kappa shape index (κ1) is 9.13. The molecule has 0 spiro atoms. The van der Waals surface area contributed by atoms with Crippen LogP contribution in [0.4, 0.5) is 0 Å². The zero-order chi connectivity index (χ0) is 10.4. The van der Waals surface area contributed by atoms with E-state index in [1.54, 1.807) is 0 Å². The maximum absolute atomic E-state index is 5.99. The second-order valence-corrected chi connectivity index (χ2v) is 4.25. The molecule has 0 atom stereocenters. The molecule has 0 amide bonds. The number of nitrogens with zero attached hydrogens (tertiary/aromatic N) is 1. The fourth-order valence-electron chi connectivity index (χ4n) is 2.09. The third-order valence-corrected chi connectivity index (χ3v) is 3.10. The Hall–Kier alpha value is -1.12. The largest absolute Gasteiger partial charge is 0.372 e. The molecule has 2 nitrogen and oxygen atoms in total. The molecule has 3 rings (SSSR count). The summed E-state index contributed by atoms with van der Waals surface area (Å²) < 4.78 is 5.46. The van der Waals surface area contributed by atoms with Gasteiger partial charge in [-0.2, -0.15) is 0 Å². The van der Waals surface area contributed by atoms with Gasteiger partial charge in [0.1, 0.15) is 0 Å².